The molecule has 1 saturated heterocycles. The van der Waals surface area contributed by atoms with E-state index in [9.17, 15) is 0 Å². The zero-order chi connectivity index (χ0) is 24.1. The van der Waals surface area contributed by atoms with Crippen molar-refractivity contribution in [2.45, 2.75) is 38.3 Å². The Hall–Kier alpha value is -3.99. The van der Waals surface area contributed by atoms with E-state index in [0.29, 0.717) is 46.2 Å². The first-order valence-corrected chi connectivity index (χ1v) is 11.4. The van der Waals surface area contributed by atoms with Crippen LogP contribution in [0.1, 0.15) is 25.5 Å². The highest BCUT2D eigenvalue weighted by molar-refractivity contribution is 5.99. The SMILES string of the molecule is CCc1nc2cc(OC[C@@H]3C[C@H](F)[C@H](n4cc(-c5ccn(C)n5)c5c(N)ncnc54)O3)ccc2o1. The molecule has 4 aromatic heterocycles. The fraction of sp³-hybridized carbons (Fsp3) is 0.333. The number of aromatic nitrogens is 6. The molecular formula is C24H24FN7O3. The number of nitrogens with two attached hydrogens (primary N) is 1. The van der Waals surface area contributed by atoms with Gasteiger partial charge in [-0.25, -0.2) is 19.3 Å². The smallest absolute Gasteiger partial charge is 0.195 e. The van der Waals surface area contributed by atoms with Crippen LogP contribution in [0, 0.1) is 0 Å². The molecule has 5 heterocycles. The van der Waals surface area contributed by atoms with Crippen LogP contribution in [-0.2, 0) is 18.2 Å². The second-order valence-corrected chi connectivity index (χ2v) is 8.58. The number of anilines is 1. The average Bonchev–Trinajstić information content (AvgIpc) is 3.62. The van der Waals surface area contributed by atoms with Gasteiger partial charge in [-0.3, -0.25) is 4.68 Å². The van der Waals surface area contributed by atoms with Crippen LogP contribution >= 0.6 is 0 Å². The van der Waals surface area contributed by atoms with Crippen molar-refractivity contribution in [3.8, 4) is 17.0 Å². The van der Waals surface area contributed by atoms with E-state index in [1.54, 1.807) is 15.4 Å². The van der Waals surface area contributed by atoms with E-state index in [1.165, 1.54) is 6.33 Å². The Balaban J connectivity index is 1.24. The Kier molecular flexibility index (Phi) is 5.14. The van der Waals surface area contributed by atoms with Gasteiger partial charge in [0.2, 0.25) is 0 Å². The van der Waals surface area contributed by atoms with E-state index >= 15 is 4.39 Å². The molecule has 6 rings (SSSR count). The molecule has 1 aliphatic heterocycles. The molecule has 0 bridgehead atoms. The number of alkyl halides is 1. The lowest BCUT2D eigenvalue weighted by Gasteiger charge is -2.17. The van der Waals surface area contributed by atoms with Crippen molar-refractivity contribution in [2.75, 3.05) is 12.3 Å². The Bertz CT molecular complexity index is 1520. The highest BCUT2D eigenvalue weighted by atomic mass is 19.1. The van der Waals surface area contributed by atoms with E-state index in [4.69, 9.17) is 19.6 Å². The number of hydrogen-bond donors (Lipinski definition) is 1. The van der Waals surface area contributed by atoms with Gasteiger partial charge in [0.05, 0.1) is 17.2 Å². The maximum Gasteiger partial charge on any atom is 0.195 e. The van der Waals surface area contributed by atoms with Crippen LogP contribution in [0.2, 0.25) is 0 Å². The highest BCUT2D eigenvalue weighted by Crippen LogP contribution is 2.39. The van der Waals surface area contributed by atoms with Crippen LogP contribution in [0.5, 0.6) is 5.75 Å². The first kappa shape index (κ1) is 21.5. The molecule has 0 aliphatic carbocycles. The number of nitrogens with zero attached hydrogens (tertiary/aromatic N) is 6. The number of fused-ring (bicyclic) bond motifs is 2. The number of hydrogen-bond acceptors (Lipinski definition) is 8. The molecule has 1 aromatic carbocycles. The van der Waals surface area contributed by atoms with E-state index in [0.717, 1.165) is 11.1 Å². The Labute approximate surface area is 199 Å². The van der Waals surface area contributed by atoms with Crippen LogP contribution in [-0.4, -0.2) is 48.2 Å². The number of rotatable bonds is 6. The number of oxazole rings is 1. The second-order valence-electron chi connectivity index (χ2n) is 8.58. The van der Waals surface area contributed by atoms with Gasteiger partial charge in [-0.1, -0.05) is 6.92 Å². The summed E-state index contributed by atoms with van der Waals surface area (Å²) in [6.07, 6.45) is 3.31. The maximum atomic E-state index is 15.2. The normalized spacial score (nSPS) is 20.3. The summed E-state index contributed by atoms with van der Waals surface area (Å²) in [4.78, 5) is 12.9. The summed E-state index contributed by atoms with van der Waals surface area (Å²) < 4.78 is 36.2. The molecular weight excluding hydrogens is 453 g/mol. The summed E-state index contributed by atoms with van der Waals surface area (Å²) in [5.41, 5.74) is 9.52. The van der Waals surface area contributed by atoms with Crippen LogP contribution in [0.3, 0.4) is 0 Å². The maximum absolute atomic E-state index is 15.2. The van der Waals surface area contributed by atoms with Crippen molar-refractivity contribution >= 4 is 28.0 Å². The summed E-state index contributed by atoms with van der Waals surface area (Å²) >= 11 is 0. The first-order valence-electron chi connectivity index (χ1n) is 11.4. The lowest BCUT2D eigenvalue weighted by Crippen LogP contribution is -2.19. The number of aryl methyl sites for hydroxylation is 2. The average molecular weight is 478 g/mol. The van der Waals surface area contributed by atoms with Gasteiger partial charge in [-0.15, -0.1) is 0 Å². The van der Waals surface area contributed by atoms with Crippen molar-refractivity contribution in [1.82, 2.24) is 29.3 Å². The monoisotopic (exact) mass is 477 g/mol. The van der Waals surface area contributed by atoms with E-state index < -0.39 is 18.5 Å². The Morgan fingerprint density at radius 2 is 2.14 bits per heavy atom. The zero-order valence-electron chi connectivity index (χ0n) is 19.3. The molecule has 2 N–H and O–H groups in total. The van der Waals surface area contributed by atoms with Gasteiger partial charge in [-0.2, -0.15) is 5.10 Å². The van der Waals surface area contributed by atoms with Gasteiger partial charge in [0.25, 0.3) is 0 Å². The minimum Gasteiger partial charge on any atom is -0.491 e. The number of nitrogen functional groups attached to an aromatic ring is 1. The Morgan fingerprint density at radius 3 is 2.94 bits per heavy atom. The lowest BCUT2D eigenvalue weighted by molar-refractivity contribution is -0.0309. The van der Waals surface area contributed by atoms with Crippen molar-refractivity contribution in [2.24, 2.45) is 7.05 Å². The molecule has 10 nitrogen and oxygen atoms in total. The van der Waals surface area contributed by atoms with Gasteiger partial charge in [0, 0.05) is 43.9 Å². The third kappa shape index (κ3) is 3.77. The van der Waals surface area contributed by atoms with Crippen molar-refractivity contribution in [1.29, 1.82) is 0 Å². The molecule has 0 unspecified atom stereocenters. The first-order chi connectivity index (χ1) is 17.0. The lowest BCUT2D eigenvalue weighted by atomic mass is 10.2. The van der Waals surface area contributed by atoms with Crippen molar-refractivity contribution in [3.63, 3.8) is 0 Å². The van der Waals surface area contributed by atoms with Crippen LogP contribution in [0.15, 0.2) is 47.4 Å². The molecule has 1 aliphatic rings. The summed E-state index contributed by atoms with van der Waals surface area (Å²) in [6, 6.07) is 7.31. The highest BCUT2D eigenvalue weighted by Gasteiger charge is 2.38. The van der Waals surface area contributed by atoms with Gasteiger partial charge >= 0.3 is 0 Å². The van der Waals surface area contributed by atoms with E-state index in [-0.39, 0.29) is 13.0 Å². The number of benzene rings is 1. The zero-order valence-corrected chi connectivity index (χ0v) is 19.3. The second kappa shape index (κ2) is 8.35. The molecule has 35 heavy (non-hydrogen) atoms. The summed E-state index contributed by atoms with van der Waals surface area (Å²) in [5, 5.41) is 5.08. The molecule has 0 amide bonds. The molecule has 180 valence electrons. The Morgan fingerprint density at radius 1 is 1.26 bits per heavy atom. The minimum absolute atomic E-state index is 0.190. The molecule has 5 aromatic rings. The fourth-order valence-corrected chi connectivity index (χ4v) is 4.49. The molecule has 1 fully saturated rings. The molecule has 0 radical (unpaired) electrons. The standard InChI is InChI=1S/C24H24FN7O3/c1-3-20-29-18-9-13(4-5-19(18)35-20)33-11-14-8-16(25)24(34-14)32-10-15(17-6-7-31(2)30-17)21-22(26)27-12-28-23(21)32/h4-7,9-10,12,14,16,24H,3,8,11H2,1-2H3,(H2,26,27,28)/t14-,16-,24+/m0/s1. The molecule has 3 atom stereocenters. The molecule has 11 heteroatoms. The third-order valence-corrected chi connectivity index (χ3v) is 6.17. The number of ether oxygens (including phenoxy) is 2. The van der Waals surface area contributed by atoms with Gasteiger partial charge in [0.15, 0.2) is 17.7 Å². The largest absolute Gasteiger partial charge is 0.491 e. The third-order valence-electron chi connectivity index (χ3n) is 6.17. The van der Waals surface area contributed by atoms with Crippen LogP contribution in [0.25, 0.3) is 33.4 Å². The quantitative estimate of drug-likeness (QED) is 0.392. The minimum atomic E-state index is -1.25. The van der Waals surface area contributed by atoms with Gasteiger partial charge < -0.3 is 24.2 Å². The fourth-order valence-electron chi connectivity index (χ4n) is 4.49. The van der Waals surface area contributed by atoms with Crippen molar-refractivity contribution < 1.29 is 18.3 Å². The van der Waals surface area contributed by atoms with Gasteiger partial charge in [0.1, 0.15) is 41.8 Å². The van der Waals surface area contributed by atoms with Crippen molar-refractivity contribution in [3.05, 3.63) is 48.9 Å². The topological polar surface area (TPSA) is 119 Å². The molecule has 0 spiro atoms. The summed E-state index contributed by atoms with van der Waals surface area (Å²) in [5.74, 6) is 1.60. The van der Waals surface area contributed by atoms with E-state index in [1.807, 2.05) is 44.4 Å². The predicted octanol–water partition coefficient (Wildman–Crippen LogP) is 3.82. The van der Waals surface area contributed by atoms with Gasteiger partial charge in [-0.05, 0) is 18.2 Å². The van der Waals surface area contributed by atoms with Crippen LogP contribution in [0.4, 0.5) is 10.2 Å². The summed E-state index contributed by atoms with van der Waals surface area (Å²) in [6.45, 7) is 2.18. The van der Waals surface area contributed by atoms with E-state index in [2.05, 4.69) is 20.1 Å². The summed E-state index contributed by atoms with van der Waals surface area (Å²) in [7, 11) is 1.83. The predicted molar refractivity (Wildman–Crippen MR) is 126 cm³/mol. The van der Waals surface area contributed by atoms with Crippen LogP contribution < -0.4 is 10.5 Å². The molecule has 0 saturated carbocycles. The number of halogens is 1.